The number of nitrogens with zero attached hydrogens (tertiary/aromatic N) is 1. The third kappa shape index (κ3) is 4.85. The van der Waals surface area contributed by atoms with Crippen LogP contribution in [0.1, 0.15) is 50.4 Å². The molecular formula is C17H28N2O3. The molecule has 1 atom stereocenters. The van der Waals surface area contributed by atoms with E-state index in [1.54, 1.807) is 6.07 Å². The lowest BCUT2D eigenvalue weighted by atomic mass is 9.86. The second-order valence-corrected chi connectivity index (χ2v) is 7.18. The van der Waals surface area contributed by atoms with Crippen molar-refractivity contribution in [1.82, 2.24) is 10.2 Å². The van der Waals surface area contributed by atoms with Crippen LogP contribution < -0.4 is 5.32 Å². The van der Waals surface area contributed by atoms with E-state index in [4.69, 9.17) is 4.42 Å². The Kier molecular flexibility index (Phi) is 5.64. The topological polar surface area (TPSA) is 65.7 Å². The van der Waals surface area contributed by atoms with Crippen molar-refractivity contribution in [1.29, 1.82) is 0 Å². The lowest BCUT2D eigenvalue weighted by Gasteiger charge is -2.35. The van der Waals surface area contributed by atoms with Crippen LogP contribution in [0.2, 0.25) is 0 Å². The van der Waals surface area contributed by atoms with Crippen LogP contribution in [0.4, 0.5) is 0 Å². The van der Waals surface area contributed by atoms with Crippen LogP contribution in [0.5, 0.6) is 0 Å². The zero-order chi connectivity index (χ0) is 16.2. The molecular weight excluding hydrogens is 280 g/mol. The zero-order valence-electron chi connectivity index (χ0n) is 13.8. The SMILES string of the molecule is CC(O)CC(C)(C)CNC1CCN(C(=O)c2ccoc2)CC1. The monoisotopic (exact) mass is 308 g/mol. The number of hydrogen-bond acceptors (Lipinski definition) is 4. The van der Waals surface area contributed by atoms with E-state index in [9.17, 15) is 9.90 Å². The summed E-state index contributed by atoms with van der Waals surface area (Å²) in [5.41, 5.74) is 0.710. The first kappa shape index (κ1) is 17.0. The average Bonchev–Trinajstić information content (AvgIpc) is 2.98. The van der Waals surface area contributed by atoms with Gasteiger partial charge in [0.2, 0.25) is 0 Å². The van der Waals surface area contributed by atoms with Crippen molar-refractivity contribution in [2.45, 2.75) is 52.2 Å². The van der Waals surface area contributed by atoms with Gasteiger partial charge in [0.25, 0.3) is 5.91 Å². The Morgan fingerprint density at radius 2 is 2.18 bits per heavy atom. The van der Waals surface area contributed by atoms with Crippen molar-refractivity contribution in [3.8, 4) is 0 Å². The minimum absolute atomic E-state index is 0.0571. The quantitative estimate of drug-likeness (QED) is 0.846. The molecule has 0 saturated carbocycles. The number of rotatable bonds is 6. The van der Waals surface area contributed by atoms with E-state index in [2.05, 4.69) is 19.2 Å². The van der Waals surface area contributed by atoms with Crippen LogP contribution in [0.3, 0.4) is 0 Å². The van der Waals surface area contributed by atoms with Gasteiger partial charge in [0.05, 0.1) is 17.9 Å². The summed E-state index contributed by atoms with van der Waals surface area (Å²) in [6.07, 6.45) is 5.49. The van der Waals surface area contributed by atoms with E-state index >= 15 is 0 Å². The number of piperidine rings is 1. The van der Waals surface area contributed by atoms with Gasteiger partial charge in [0.15, 0.2) is 0 Å². The molecule has 5 nitrogen and oxygen atoms in total. The van der Waals surface area contributed by atoms with Crippen molar-refractivity contribution in [3.63, 3.8) is 0 Å². The fourth-order valence-corrected chi connectivity index (χ4v) is 3.15. The fraction of sp³-hybridized carbons (Fsp3) is 0.706. The van der Waals surface area contributed by atoms with Gasteiger partial charge in [-0.25, -0.2) is 0 Å². The molecule has 0 aliphatic carbocycles. The molecule has 5 heteroatoms. The number of hydrogen-bond donors (Lipinski definition) is 2. The summed E-state index contributed by atoms with van der Waals surface area (Å²) in [6, 6.07) is 2.16. The van der Waals surface area contributed by atoms with Crippen molar-refractivity contribution >= 4 is 5.91 Å². The van der Waals surface area contributed by atoms with Gasteiger partial charge in [0.1, 0.15) is 6.26 Å². The smallest absolute Gasteiger partial charge is 0.257 e. The summed E-state index contributed by atoms with van der Waals surface area (Å²) >= 11 is 0. The second kappa shape index (κ2) is 7.29. The average molecular weight is 308 g/mol. The lowest BCUT2D eigenvalue weighted by molar-refractivity contribution is 0.0695. The summed E-state index contributed by atoms with van der Waals surface area (Å²) in [5.74, 6) is 0.0571. The summed E-state index contributed by atoms with van der Waals surface area (Å²) in [5, 5.41) is 13.1. The number of carbonyl (C=O) groups is 1. The van der Waals surface area contributed by atoms with Crippen LogP contribution in [-0.4, -0.2) is 47.7 Å². The highest BCUT2D eigenvalue weighted by molar-refractivity contribution is 5.93. The Bertz CT molecular complexity index is 460. The van der Waals surface area contributed by atoms with Gasteiger partial charge < -0.3 is 19.7 Å². The van der Waals surface area contributed by atoms with Crippen molar-refractivity contribution in [3.05, 3.63) is 24.2 Å². The van der Waals surface area contributed by atoms with Crippen LogP contribution in [0.15, 0.2) is 23.0 Å². The lowest BCUT2D eigenvalue weighted by Crippen LogP contribution is -2.47. The number of likely N-dealkylation sites (tertiary alicyclic amines) is 1. The fourth-order valence-electron chi connectivity index (χ4n) is 3.15. The number of aliphatic hydroxyl groups is 1. The van der Waals surface area contributed by atoms with Gasteiger partial charge in [-0.05, 0) is 37.7 Å². The highest BCUT2D eigenvalue weighted by Crippen LogP contribution is 2.22. The van der Waals surface area contributed by atoms with Crippen LogP contribution in [0.25, 0.3) is 0 Å². The molecule has 1 fully saturated rings. The van der Waals surface area contributed by atoms with Crippen LogP contribution >= 0.6 is 0 Å². The molecule has 0 aromatic carbocycles. The first-order valence-electron chi connectivity index (χ1n) is 8.10. The van der Waals surface area contributed by atoms with Crippen molar-refractivity contribution < 1.29 is 14.3 Å². The molecule has 1 aromatic heterocycles. The first-order chi connectivity index (χ1) is 10.4. The summed E-state index contributed by atoms with van der Waals surface area (Å²) < 4.78 is 4.97. The van der Waals surface area contributed by atoms with Gasteiger partial charge in [-0.3, -0.25) is 4.79 Å². The highest BCUT2D eigenvalue weighted by Gasteiger charge is 2.26. The molecule has 0 bridgehead atoms. The van der Waals surface area contributed by atoms with E-state index < -0.39 is 0 Å². The van der Waals surface area contributed by atoms with E-state index in [0.717, 1.165) is 38.9 Å². The van der Waals surface area contributed by atoms with E-state index in [1.165, 1.54) is 12.5 Å². The normalized spacial score (nSPS) is 18.5. The maximum Gasteiger partial charge on any atom is 0.257 e. The maximum atomic E-state index is 12.2. The number of amides is 1. The molecule has 0 spiro atoms. The number of nitrogens with one attached hydrogen (secondary N) is 1. The number of furan rings is 1. The Hall–Kier alpha value is -1.33. The van der Waals surface area contributed by atoms with Gasteiger partial charge in [-0.15, -0.1) is 0 Å². The third-order valence-electron chi connectivity index (χ3n) is 4.27. The molecule has 22 heavy (non-hydrogen) atoms. The van der Waals surface area contributed by atoms with Crippen LogP contribution in [0, 0.1) is 5.41 Å². The minimum Gasteiger partial charge on any atom is -0.472 e. The van der Waals surface area contributed by atoms with E-state index in [1.807, 2.05) is 11.8 Å². The highest BCUT2D eigenvalue weighted by atomic mass is 16.3. The van der Waals surface area contributed by atoms with E-state index in [0.29, 0.717) is 11.6 Å². The van der Waals surface area contributed by atoms with Gasteiger partial charge in [0, 0.05) is 25.7 Å². The molecule has 2 N–H and O–H groups in total. The summed E-state index contributed by atoms with van der Waals surface area (Å²) in [6.45, 7) is 8.62. The molecule has 1 saturated heterocycles. The maximum absolute atomic E-state index is 12.2. The summed E-state index contributed by atoms with van der Waals surface area (Å²) in [7, 11) is 0. The summed E-state index contributed by atoms with van der Waals surface area (Å²) in [4.78, 5) is 14.1. The third-order valence-corrected chi connectivity index (χ3v) is 4.27. The number of carbonyl (C=O) groups excluding carboxylic acids is 1. The molecule has 1 amide bonds. The molecule has 124 valence electrons. The Morgan fingerprint density at radius 3 is 2.73 bits per heavy atom. The molecule has 1 aromatic rings. The Labute approximate surface area is 132 Å². The van der Waals surface area contributed by atoms with Gasteiger partial charge in [-0.2, -0.15) is 0 Å². The molecule has 2 rings (SSSR count). The Morgan fingerprint density at radius 1 is 1.50 bits per heavy atom. The second-order valence-electron chi connectivity index (χ2n) is 7.18. The first-order valence-corrected chi connectivity index (χ1v) is 8.10. The van der Waals surface area contributed by atoms with Crippen molar-refractivity contribution in [2.24, 2.45) is 5.41 Å². The molecule has 2 heterocycles. The molecule has 1 aliphatic heterocycles. The van der Waals surface area contributed by atoms with Crippen LogP contribution in [-0.2, 0) is 0 Å². The van der Waals surface area contributed by atoms with Crippen molar-refractivity contribution in [2.75, 3.05) is 19.6 Å². The minimum atomic E-state index is -0.272. The molecule has 0 radical (unpaired) electrons. The Balaban J connectivity index is 1.74. The molecule has 1 unspecified atom stereocenters. The standard InChI is InChI=1S/C17H28N2O3/c1-13(20)10-17(2,3)12-18-15-4-7-19(8-5-15)16(21)14-6-9-22-11-14/h6,9,11,13,15,18,20H,4-5,7-8,10,12H2,1-3H3. The zero-order valence-corrected chi connectivity index (χ0v) is 13.8. The van der Waals surface area contributed by atoms with Gasteiger partial charge in [-0.1, -0.05) is 13.8 Å². The predicted molar refractivity (Wildman–Crippen MR) is 85.7 cm³/mol. The number of aliphatic hydroxyl groups excluding tert-OH is 1. The van der Waals surface area contributed by atoms with E-state index in [-0.39, 0.29) is 17.4 Å². The molecule has 1 aliphatic rings. The largest absolute Gasteiger partial charge is 0.472 e. The predicted octanol–water partition coefficient (Wildman–Crippen LogP) is 2.27. The van der Waals surface area contributed by atoms with Gasteiger partial charge >= 0.3 is 0 Å².